The molecule has 2 aromatic heterocycles. The number of ether oxygens (including phenoxy) is 2. The molecule has 1 amide bonds. The Morgan fingerprint density at radius 3 is 2.50 bits per heavy atom. The van der Waals surface area contributed by atoms with Crippen LogP contribution in [-0.2, 0) is 30.7 Å². The van der Waals surface area contributed by atoms with Crippen molar-refractivity contribution < 1.29 is 19.1 Å². The van der Waals surface area contributed by atoms with Gasteiger partial charge in [0.15, 0.2) is 0 Å². The lowest BCUT2D eigenvalue weighted by atomic mass is 10.0. The summed E-state index contributed by atoms with van der Waals surface area (Å²) in [6.07, 6.45) is 4.59. The third kappa shape index (κ3) is 5.64. The molecule has 0 fully saturated rings. The van der Waals surface area contributed by atoms with Crippen LogP contribution in [0.25, 0.3) is 0 Å². The highest BCUT2D eigenvalue weighted by Gasteiger charge is 2.27. The maximum atomic E-state index is 13.2. The Balaban J connectivity index is 1.58. The second kappa shape index (κ2) is 11.2. The van der Waals surface area contributed by atoms with Crippen molar-refractivity contribution in [3.63, 3.8) is 0 Å². The van der Waals surface area contributed by atoms with Crippen LogP contribution in [0.1, 0.15) is 51.4 Å². The van der Waals surface area contributed by atoms with E-state index in [0.29, 0.717) is 36.7 Å². The second-order valence-corrected chi connectivity index (χ2v) is 9.30. The van der Waals surface area contributed by atoms with Crippen LogP contribution < -0.4 is 10.3 Å². The number of fused-ring (bicyclic) bond motifs is 1. The van der Waals surface area contributed by atoms with E-state index in [2.05, 4.69) is 18.8 Å². The Kier molecular flexibility index (Phi) is 7.83. The zero-order chi connectivity index (χ0) is 25.7. The zero-order valence-electron chi connectivity index (χ0n) is 20.9. The standard InChI is InChI=1S/C28H31N3O5/c1-19(2)15-20-6-8-22(9-7-20)27(33)30-12-10-23-26(28(34)35-3)24(16-25(32)31(23)14-13-30)36-18-21-5-4-11-29-17-21/h4-9,11,16-17,19H,10,12-15,18H2,1-3H3. The molecule has 1 aliphatic rings. The summed E-state index contributed by atoms with van der Waals surface area (Å²) in [5.74, 6) is 0.0266. The first-order valence-corrected chi connectivity index (χ1v) is 12.1. The molecule has 4 rings (SSSR count). The maximum absolute atomic E-state index is 13.2. The van der Waals surface area contributed by atoms with Gasteiger partial charge in [-0.3, -0.25) is 14.6 Å². The summed E-state index contributed by atoms with van der Waals surface area (Å²) >= 11 is 0. The number of carbonyl (C=O) groups excluding carboxylic acids is 2. The Labute approximate surface area is 210 Å². The fourth-order valence-corrected chi connectivity index (χ4v) is 4.47. The molecule has 0 spiro atoms. The second-order valence-electron chi connectivity index (χ2n) is 9.30. The van der Waals surface area contributed by atoms with Crippen molar-refractivity contribution in [2.45, 2.75) is 39.8 Å². The third-order valence-corrected chi connectivity index (χ3v) is 6.23. The Morgan fingerprint density at radius 1 is 1.06 bits per heavy atom. The van der Waals surface area contributed by atoms with Crippen molar-refractivity contribution in [2.24, 2.45) is 5.92 Å². The summed E-state index contributed by atoms with van der Waals surface area (Å²) in [5.41, 5.74) is 3.05. The van der Waals surface area contributed by atoms with Gasteiger partial charge in [0.1, 0.15) is 17.9 Å². The van der Waals surface area contributed by atoms with E-state index >= 15 is 0 Å². The molecule has 0 saturated carbocycles. The average molecular weight is 490 g/mol. The average Bonchev–Trinajstić information content (AvgIpc) is 3.11. The predicted octanol–water partition coefficient (Wildman–Crippen LogP) is 3.51. The number of pyridine rings is 2. The van der Waals surface area contributed by atoms with Crippen LogP contribution in [0.3, 0.4) is 0 Å². The number of methoxy groups -OCH3 is 1. The minimum atomic E-state index is -0.583. The number of amides is 1. The lowest BCUT2D eigenvalue weighted by Gasteiger charge is -2.20. The van der Waals surface area contributed by atoms with E-state index in [1.165, 1.54) is 18.7 Å². The van der Waals surface area contributed by atoms with Crippen LogP contribution in [0, 0.1) is 5.92 Å². The van der Waals surface area contributed by atoms with Crippen LogP contribution in [0.5, 0.6) is 5.75 Å². The molecule has 8 heteroatoms. The van der Waals surface area contributed by atoms with Gasteiger partial charge in [0.05, 0.1) is 7.11 Å². The Hall–Kier alpha value is -3.94. The van der Waals surface area contributed by atoms with Gasteiger partial charge in [-0.15, -0.1) is 0 Å². The van der Waals surface area contributed by atoms with E-state index in [0.717, 1.165) is 12.0 Å². The largest absolute Gasteiger partial charge is 0.488 e. The zero-order valence-corrected chi connectivity index (χ0v) is 20.9. The predicted molar refractivity (Wildman–Crippen MR) is 135 cm³/mol. The summed E-state index contributed by atoms with van der Waals surface area (Å²) in [4.78, 5) is 44.8. The van der Waals surface area contributed by atoms with Gasteiger partial charge in [0.2, 0.25) is 0 Å². The minimum absolute atomic E-state index is 0.0976. The van der Waals surface area contributed by atoms with Crippen LogP contribution >= 0.6 is 0 Å². The monoisotopic (exact) mass is 489 g/mol. The first-order chi connectivity index (χ1) is 17.4. The quantitative estimate of drug-likeness (QED) is 0.472. The molecule has 1 aromatic carbocycles. The molecule has 3 aromatic rings. The molecule has 0 bridgehead atoms. The van der Waals surface area contributed by atoms with Crippen molar-refractivity contribution in [1.82, 2.24) is 14.5 Å². The Morgan fingerprint density at radius 2 is 1.83 bits per heavy atom. The molecule has 3 heterocycles. The molecule has 0 unspecified atom stereocenters. The smallest absolute Gasteiger partial charge is 0.343 e. The molecule has 188 valence electrons. The number of hydrogen-bond acceptors (Lipinski definition) is 6. The minimum Gasteiger partial charge on any atom is -0.488 e. The summed E-state index contributed by atoms with van der Waals surface area (Å²) in [6.45, 7) is 5.47. The van der Waals surface area contributed by atoms with E-state index in [4.69, 9.17) is 9.47 Å². The first-order valence-electron chi connectivity index (χ1n) is 12.1. The van der Waals surface area contributed by atoms with Crippen molar-refractivity contribution in [1.29, 1.82) is 0 Å². The number of rotatable bonds is 7. The number of esters is 1. The Bertz CT molecular complexity index is 1280. The fourth-order valence-electron chi connectivity index (χ4n) is 4.47. The molecule has 36 heavy (non-hydrogen) atoms. The van der Waals surface area contributed by atoms with Crippen LogP contribution in [-0.4, -0.2) is 46.5 Å². The number of benzene rings is 1. The van der Waals surface area contributed by atoms with Crippen LogP contribution in [0.15, 0.2) is 59.7 Å². The number of carbonyl (C=O) groups is 2. The highest BCUT2D eigenvalue weighted by atomic mass is 16.5. The van der Waals surface area contributed by atoms with E-state index in [-0.39, 0.29) is 35.9 Å². The van der Waals surface area contributed by atoms with Crippen molar-refractivity contribution in [2.75, 3.05) is 20.2 Å². The molecule has 1 aliphatic heterocycles. The van der Waals surface area contributed by atoms with Gasteiger partial charge in [0, 0.05) is 61.3 Å². The van der Waals surface area contributed by atoms with Crippen LogP contribution in [0.2, 0.25) is 0 Å². The molecule has 8 nitrogen and oxygen atoms in total. The number of aromatic nitrogens is 2. The summed E-state index contributed by atoms with van der Waals surface area (Å²) < 4.78 is 12.5. The van der Waals surface area contributed by atoms with Gasteiger partial charge in [-0.1, -0.05) is 32.0 Å². The highest BCUT2D eigenvalue weighted by Crippen LogP contribution is 2.25. The van der Waals surface area contributed by atoms with Crippen molar-refractivity contribution in [3.8, 4) is 5.75 Å². The van der Waals surface area contributed by atoms with Gasteiger partial charge < -0.3 is 18.9 Å². The maximum Gasteiger partial charge on any atom is 0.343 e. The van der Waals surface area contributed by atoms with Gasteiger partial charge >= 0.3 is 5.97 Å². The molecule has 0 N–H and O–H groups in total. The normalized spacial score (nSPS) is 13.2. The molecule has 0 radical (unpaired) electrons. The lowest BCUT2D eigenvalue weighted by molar-refractivity contribution is 0.0592. The summed E-state index contributed by atoms with van der Waals surface area (Å²) in [5, 5.41) is 0. The van der Waals surface area contributed by atoms with Gasteiger partial charge in [-0.25, -0.2) is 4.79 Å². The fraction of sp³-hybridized carbons (Fsp3) is 0.357. The van der Waals surface area contributed by atoms with Crippen molar-refractivity contribution in [3.05, 3.63) is 93.2 Å². The molecular formula is C28H31N3O5. The summed E-state index contributed by atoms with van der Waals surface area (Å²) in [7, 11) is 1.30. The van der Waals surface area contributed by atoms with E-state index < -0.39 is 5.97 Å². The SMILES string of the molecule is COC(=O)c1c(OCc2cccnc2)cc(=O)n2c1CCN(C(=O)c1ccc(CC(C)C)cc1)CC2. The molecular weight excluding hydrogens is 458 g/mol. The topological polar surface area (TPSA) is 90.7 Å². The van der Waals surface area contributed by atoms with Crippen LogP contribution in [0.4, 0.5) is 0 Å². The molecule has 0 saturated heterocycles. The van der Waals surface area contributed by atoms with Gasteiger partial charge in [0.25, 0.3) is 11.5 Å². The van der Waals surface area contributed by atoms with Gasteiger partial charge in [-0.05, 0) is 36.1 Å². The lowest BCUT2D eigenvalue weighted by Crippen LogP contribution is -2.34. The van der Waals surface area contributed by atoms with E-state index in [9.17, 15) is 14.4 Å². The third-order valence-electron chi connectivity index (χ3n) is 6.23. The van der Waals surface area contributed by atoms with E-state index in [1.54, 1.807) is 27.9 Å². The number of nitrogens with zero attached hydrogens (tertiary/aromatic N) is 3. The summed E-state index contributed by atoms with van der Waals surface area (Å²) in [6, 6.07) is 12.6. The highest BCUT2D eigenvalue weighted by molar-refractivity contribution is 5.95. The molecule has 0 atom stereocenters. The van der Waals surface area contributed by atoms with E-state index in [1.807, 2.05) is 30.3 Å². The van der Waals surface area contributed by atoms with Crippen molar-refractivity contribution >= 4 is 11.9 Å². The molecule has 0 aliphatic carbocycles. The first kappa shape index (κ1) is 25.2. The number of hydrogen-bond donors (Lipinski definition) is 0. The van der Waals surface area contributed by atoms with Gasteiger partial charge in [-0.2, -0.15) is 0 Å².